The molecule has 0 bridgehead atoms. The summed E-state index contributed by atoms with van der Waals surface area (Å²) in [6.07, 6.45) is 0. The Labute approximate surface area is 391 Å². The number of benzene rings is 12. The fourth-order valence-corrected chi connectivity index (χ4v) is 9.77. The first-order valence-electron chi connectivity index (χ1n) is 22.9. The minimum absolute atomic E-state index is 1.09. The molecule has 0 heterocycles. The molecule has 3 nitrogen and oxygen atoms in total. The van der Waals surface area contributed by atoms with Crippen molar-refractivity contribution in [3.05, 3.63) is 273 Å². The largest absolute Gasteiger partial charge is 0.310 e. The predicted octanol–water partition coefficient (Wildman–Crippen LogP) is 18.4. The quantitative estimate of drug-likeness (QED) is 0.127. The highest BCUT2D eigenvalue weighted by atomic mass is 15.2. The van der Waals surface area contributed by atoms with Crippen LogP contribution in [0.2, 0.25) is 0 Å². The van der Waals surface area contributed by atoms with Gasteiger partial charge in [0.15, 0.2) is 0 Å². The van der Waals surface area contributed by atoms with Crippen LogP contribution in [0.5, 0.6) is 0 Å². The zero-order chi connectivity index (χ0) is 44.5. The van der Waals surface area contributed by atoms with E-state index in [9.17, 15) is 0 Å². The molecule has 12 aromatic rings. The normalized spacial score (nSPS) is 11.3. The van der Waals surface area contributed by atoms with E-state index in [1.807, 2.05) is 0 Å². The van der Waals surface area contributed by atoms with Crippen molar-refractivity contribution in [2.45, 2.75) is 0 Å². The van der Waals surface area contributed by atoms with Crippen LogP contribution in [0.25, 0.3) is 54.2 Å². The lowest BCUT2D eigenvalue weighted by molar-refractivity contribution is 1.29. The average molecular weight is 856 g/mol. The van der Waals surface area contributed by atoms with E-state index in [1.54, 1.807) is 0 Å². The topological polar surface area (TPSA) is 9.72 Å². The minimum atomic E-state index is 1.09. The van der Waals surface area contributed by atoms with Gasteiger partial charge in [-0.15, -0.1) is 0 Å². The summed E-state index contributed by atoms with van der Waals surface area (Å²) < 4.78 is 0. The lowest BCUT2D eigenvalue weighted by Gasteiger charge is -2.27. The second-order valence-corrected chi connectivity index (χ2v) is 17.0. The summed E-state index contributed by atoms with van der Waals surface area (Å²) in [7, 11) is 0. The molecule has 0 N–H and O–H groups in total. The molecule has 0 atom stereocenters. The van der Waals surface area contributed by atoms with Gasteiger partial charge in [0.05, 0.1) is 11.4 Å². The van der Waals surface area contributed by atoms with Gasteiger partial charge in [0.2, 0.25) is 0 Å². The SMILES string of the molecule is c1ccc(N(c2ccc(-c3ccc(N(c4ccccc4)c4cccc5ccccc45)cc3)cc2)c2ccc3c(ccc4cc(N(c5ccccc5)c5cccc6ccccc56)ccc43)c2)cc1. The highest BCUT2D eigenvalue weighted by molar-refractivity contribution is 6.10. The number of nitrogens with zero attached hydrogens (tertiary/aromatic N) is 3. The predicted molar refractivity (Wildman–Crippen MR) is 286 cm³/mol. The van der Waals surface area contributed by atoms with Crippen molar-refractivity contribution >= 4 is 94.3 Å². The molecule has 0 radical (unpaired) electrons. The zero-order valence-corrected chi connectivity index (χ0v) is 36.8. The first kappa shape index (κ1) is 39.7. The van der Waals surface area contributed by atoms with Crippen molar-refractivity contribution in [1.29, 1.82) is 0 Å². The highest BCUT2D eigenvalue weighted by Crippen LogP contribution is 2.43. The Morgan fingerprint density at radius 2 is 0.507 bits per heavy atom. The van der Waals surface area contributed by atoms with Gasteiger partial charge in [-0.05, 0) is 141 Å². The van der Waals surface area contributed by atoms with Gasteiger partial charge in [-0.2, -0.15) is 0 Å². The smallest absolute Gasteiger partial charge is 0.0540 e. The molecule has 0 amide bonds. The molecule has 0 spiro atoms. The molecule has 0 aliphatic rings. The van der Waals surface area contributed by atoms with Gasteiger partial charge >= 0.3 is 0 Å². The number of para-hydroxylation sites is 3. The number of rotatable bonds is 10. The van der Waals surface area contributed by atoms with E-state index in [0.29, 0.717) is 0 Å². The van der Waals surface area contributed by atoms with Crippen LogP contribution < -0.4 is 14.7 Å². The average Bonchev–Trinajstić information content (AvgIpc) is 3.40. The Balaban J connectivity index is 0.872. The standard InChI is InChI=1S/C64H45N3/c1-4-20-52(21-5-1)65(55-36-32-46(33-37-55)47-34-38-56(39-35-47)66(53-22-6-2-7-23-53)63-28-14-18-48-16-10-12-26-61(48)63)57-40-42-59-50(44-57)30-31-51-45-58(41-43-60(51)59)67(54-24-8-3-9-25-54)64-29-15-19-49-17-11-13-27-62(49)64/h1-45H. The fraction of sp³-hybridized carbons (Fsp3) is 0. The molecular weight excluding hydrogens is 811 g/mol. The molecule has 0 aromatic heterocycles. The molecule has 0 unspecified atom stereocenters. The van der Waals surface area contributed by atoms with Gasteiger partial charge in [-0.3, -0.25) is 0 Å². The van der Waals surface area contributed by atoms with Crippen LogP contribution in [-0.2, 0) is 0 Å². The third kappa shape index (κ3) is 7.49. The van der Waals surface area contributed by atoms with E-state index in [0.717, 1.165) is 62.3 Å². The van der Waals surface area contributed by atoms with Crippen LogP contribution in [0.3, 0.4) is 0 Å². The van der Waals surface area contributed by atoms with Crippen LogP contribution in [0.15, 0.2) is 273 Å². The maximum absolute atomic E-state index is 2.38. The maximum atomic E-state index is 2.38. The molecule has 0 aliphatic heterocycles. The lowest BCUT2D eigenvalue weighted by Crippen LogP contribution is -2.10. The van der Waals surface area contributed by atoms with E-state index in [1.165, 1.54) is 43.1 Å². The second kappa shape index (κ2) is 17.2. The monoisotopic (exact) mass is 855 g/mol. The van der Waals surface area contributed by atoms with Crippen molar-refractivity contribution in [1.82, 2.24) is 0 Å². The van der Waals surface area contributed by atoms with E-state index >= 15 is 0 Å². The van der Waals surface area contributed by atoms with Gasteiger partial charge in [0.1, 0.15) is 0 Å². The van der Waals surface area contributed by atoms with E-state index in [2.05, 4.69) is 288 Å². The van der Waals surface area contributed by atoms with Crippen molar-refractivity contribution < 1.29 is 0 Å². The van der Waals surface area contributed by atoms with Crippen LogP contribution in [0.1, 0.15) is 0 Å². The second-order valence-electron chi connectivity index (χ2n) is 17.0. The first-order valence-corrected chi connectivity index (χ1v) is 22.9. The van der Waals surface area contributed by atoms with Crippen molar-refractivity contribution in [3.63, 3.8) is 0 Å². The summed E-state index contributed by atoms with van der Waals surface area (Å²) in [5.41, 5.74) is 12.4. The Morgan fingerprint density at radius 3 is 0.970 bits per heavy atom. The van der Waals surface area contributed by atoms with Gasteiger partial charge in [0.25, 0.3) is 0 Å². The molecule has 0 aliphatic carbocycles. The summed E-state index contributed by atoms with van der Waals surface area (Å²) >= 11 is 0. The molecular formula is C64H45N3. The van der Waals surface area contributed by atoms with Crippen LogP contribution >= 0.6 is 0 Å². The minimum Gasteiger partial charge on any atom is -0.310 e. The van der Waals surface area contributed by atoms with E-state index < -0.39 is 0 Å². The number of hydrogen-bond acceptors (Lipinski definition) is 3. The number of hydrogen-bond donors (Lipinski definition) is 0. The summed E-state index contributed by atoms with van der Waals surface area (Å²) in [5, 5.41) is 9.72. The van der Waals surface area contributed by atoms with Crippen molar-refractivity contribution in [2.24, 2.45) is 0 Å². The van der Waals surface area contributed by atoms with E-state index in [4.69, 9.17) is 0 Å². The molecule has 316 valence electrons. The maximum Gasteiger partial charge on any atom is 0.0540 e. The summed E-state index contributed by atoms with van der Waals surface area (Å²) in [4.78, 5) is 7.08. The molecule has 0 saturated carbocycles. The number of anilines is 9. The Bertz CT molecular complexity index is 3670. The molecule has 12 rings (SSSR count). The zero-order valence-electron chi connectivity index (χ0n) is 36.8. The van der Waals surface area contributed by atoms with Crippen molar-refractivity contribution in [2.75, 3.05) is 14.7 Å². The molecule has 0 saturated heterocycles. The molecule has 0 fully saturated rings. The third-order valence-electron chi connectivity index (χ3n) is 13.0. The Kier molecular flexibility index (Phi) is 10.2. The number of fused-ring (bicyclic) bond motifs is 5. The van der Waals surface area contributed by atoms with Gasteiger partial charge < -0.3 is 14.7 Å². The van der Waals surface area contributed by atoms with Crippen molar-refractivity contribution in [3.8, 4) is 11.1 Å². The molecule has 3 heteroatoms. The highest BCUT2D eigenvalue weighted by Gasteiger charge is 2.19. The van der Waals surface area contributed by atoms with Crippen LogP contribution in [-0.4, -0.2) is 0 Å². The third-order valence-corrected chi connectivity index (χ3v) is 13.0. The summed E-state index contributed by atoms with van der Waals surface area (Å²) in [6.45, 7) is 0. The first-order chi connectivity index (χ1) is 33.2. The van der Waals surface area contributed by atoms with Crippen LogP contribution in [0.4, 0.5) is 51.2 Å². The Hall–Kier alpha value is -8.92. The molecule has 12 aromatic carbocycles. The fourth-order valence-electron chi connectivity index (χ4n) is 9.77. The van der Waals surface area contributed by atoms with Crippen LogP contribution in [0, 0.1) is 0 Å². The van der Waals surface area contributed by atoms with Gasteiger partial charge in [-0.1, -0.05) is 176 Å². The molecule has 67 heavy (non-hydrogen) atoms. The summed E-state index contributed by atoms with van der Waals surface area (Å²) in [5.74, 6) is 0. The summed E-state index contributed by atoms with van der Waals surface area (Å²) in [6, 6.07) is 98.5. The lowest BCUT2D eigenvalue weighted by atomic mass is 9.99. The van der Waals surface area contributed by atoms with Gasteiger partial charge in [0, 0.05) is 50.6 Å². The Morgan fingerprint density at radius 1 is 0.179 bits per heavy atom. The van der Waals surface area contributed by atoms with Gasteiger partial charge in [-0.25, -0.2) is 0 Å². The van der Waals surface area contributed by atoms with E-state index in [-0.39, 0.29) is 0 Å².